The molecule has 0 spiro atoms. The minimum atomic E-state index is -0.528. The lowest BCUT2D eigenvalue weighted by Gasteiger charge is -2.20. The maximum atomic E-state index is 13.0. The number of rotatable bonds is 6. The number of hydrogen-bond donors (Lipinski definition) is 2. The fourth-order valence-corrected chi connectivity index (χ4v) is 3.92. The van der Waals surface area contributed by atoms with Gasteiger partial charge in [0.2, 0.25) is 0 Å². The van der Waals surface area contributed by atoms with Gasteiger partial charge < -0.3 is 5.32 Å². The molecule has 140 valence electrons. The van der Waals surface area contributed by atoms with E-state index in [0.29, 0.717) is 5.82 Å². The lowest BCUT2D eigenvalue weighted by atomic mass is 9.86. The van der Waals surface area contributed by atoms with E-state index in [9.17, 15) is 4.79 Å². The quantitative estimate of drug-likeness (QED) is 0.696. The van der Waals surface area contributed by atoms with Crippen molar-refractivity contribution in [2.75, 3.05) is 5.32 Å². The van der Waals surface area contributed by atoms with Crippen LogP contribution in [0.25, 0.3) is 0 Å². The van der Waals surface area contributed by atoms with Crippen LogP contribution in [0, 0.1) is 5.92 Å². The number of carbonyl (C=O) groups excluding carboxylic acids is 1. The van der Waals surface area contributed by atoms with Crippen molar-refractivity contribution in [3.05, 3.63) is 66.1 Å². The molecule has 1 aliphatic rings. The number of nitrogens with zero attached hydrogens (tertiary/aromatic N) is 3. The second kappa shape index (κ2) is 8.20. The van der Waals surface area contributed by atoms with Gasteiger partial charge in [-0.2, -0.15) is 10.2 Å². The first-order chi connectivity index (χ1) is 13.3. The maximum absolute atomic E-state index is 13.0. The summed E-state index contributed by atoms with van der Waals surface area (Å²) >= 11 is 0. The van der Waals surface area contributed by atoms with E-state index < -0.39 is 6.04 Å². The van der Waals surface area contributed by atoms with E-state index in [1.807, 2.05) is 42.5 Å². The van der Waals surface area contributed by atoms with Crippen LogP contribution in [-0.2, 0) is 11.2 Å². The summed E-state index contributed by atoms with van der Waals surface area (Å²) in [6, 6.07) is 12.9. The zero-order chi connectivity index (χ0) is 18.5. The van der Waals surface area contributed by atoms with Crippen LogP contribution >= 0.6 is 0 Å². The van der Waals surface area contributed by atoms with Crippen LogP contribution in [0.1, 0.15) is 49.4 Å². The van der Waals surface area contributed by atoms with Crippen LogP contribution in [0.3, 0.4) is 0 Å². The molecular formula is C21H25N5O. The summed E-state index contributed by atoms with van der Waals surface area (Å²) in [7, 11) is 0. The summed E-state index contributed by atoms with van der Waals surface area (Å²) in [4.78, 5) is 13.0. The Hall–Kier alpha value is -2.89. The van der Waals surface area contributed by atoms with E-state index in [1.165, 1.54) is 32.1 Å². The van der Waals surface area contributed by atoms with Crippen LogP contribution in [0.4, 0.5) is 5.82 Å². The first kappa shape index (κ1) is 17.5. The lowest BCUT2D eigenvalue weighted by molar-refractivity contribution is -0.118. The van der Waals surface area contributed by atoms with Gasteiger partial charge >= 0.3 is 0 Å². The van der Waals surface area contributed by atoms with Crippen molar-refractivity contribution in [2.45, 2.75) is 44.6 Å². The number of amides is 1. The number of aromatic amines is 1. The average Bonchev–Trinajstić information content (AvgIpc) is 3.36. The van der Waals surface area contributed by atoms with Gasteiger partial charge in [-0.25, -0.2) is 0 Å². The van der Waals surface area contributed by atoms with Crippen LogP contribution in [0.15, 0.2) is 54.9 Å². The van der Waals surface area contributed by atoms with E-state index in [2.05, 4.69) is 20.6 Å². The number of H-pyrrole nitrogens is 1. The van der Waals surface area contributed by atoms with Crippen LogP contribution in [0.5, 0.6) is 0 Å². The Labute approximate surface area is 159 Å². The molecule has 4 rings (SSSR count). The molecule has 0 saturated heterocycles. The number of hydrogen-bond acceptors (Lipinski definition) is 3. The number of anilines is 1. The minimum Gasteiger partial charge on any atom is -0.307 e. The highest BCUT2D eigenvalue weighted by Crippen LogP contribution is 2.27. The molecule has 1 fully saturated rings. The van der Waals surface area contributed by atoms with E-state index in [-0.39, 0.29) is 5.91 Å². The molecule has 1 atom stereocenters. The highest BCUT2D eigenvalue weighted by molar-refractivity contribution is 5.95. The maximum Gasteiger partial charge on any atom is 0.255 e. The Morgan fingerprint density at radius 1 is 1.19 bits per heavy atom. The van der Waals surface area contributed by atoms with Crippen molar-refractivity contribution in [1.29, 1.82) is 0 Å². The van der Waals surface area contributed by atoms with Crippen molar-refractivity contribution in [3.63, 3.8) is 0 Å². The third-order valence-electron chi connectivity index (χ3n) is 5.27. The highest BCUT2D eigenvalue weighted by Gasteiger charge is 2.24. The first-order valence-electron chi connectivity index (χ1n) is 9.69. The number of aromatic nitrogens is 4. The van der Waals surface area contributed by atoms with Crippen molar-refractivity contribution in [1.82, 2.24) is 20.0 Å². The zero-order valence-corrected chi connectivity index (χ0v) is 15.3. The van der Waals surface area contributed by atoms with Crippen LogP contribution in [0.2, 0.25) is 0 Å². The Morgan fingerprint density at radius 3 is 2.74 bits per heavy atom. The Balaban J connectivity index is 1.47. The number of benzene rings is 1. The zero-order valence-electron chi connectivity index (χ0n) is 15.3. The summed E-state index contributed by atoms with van der Waals surface area (Å²) in [6.07, 6.45) is 11.1. The van der Waals surface area contributed by atoms with Crippen molar-refractivity contribution in [3.8, 4) is 0 Å². The second-order valence-electron chi connectivity index (χ2n) is 7.28. The average molecular weight is 363 g/mol. The molecule has 6 nitrogen and oxygen atoms in total. The minimum absolute atomic E-state index is 0.152. The molecule has 1 unspecified atom stereocenters. The van der Waals surface area contributed by atoms with Crippen molar-refractivity contribution >= 4 is 11.7 Å². The smallest absolute Gasteiger partial charge is 0.255 e. The van der Waals surface area contributed by atoms with Gasteiger partial charge in [0.25, 0.3) is 5.91 Å². The second-order valence-corrected chi connectivity index (χ2v) is 7.28. The van der Waals surface area contributed by atoms with Gasteiger partial charge in [0.15, 0.2) is 11.9 Å². The first-order valence-corrected chi connectivity index (χ1v) is 9.69. The number of carbonyl (C=O) groups is 1. The molecule has 0 bridgehead atoms. The van der Waals surface area contributed by atoms with Gasteiger partial charge in [-0.05, 0) is 24.0 Å². The molecule has 1 amide bonds. The van der Waals surface area contributed by atoms with Gasteiger partial charge in [-0.3, -0.25) is 14.6 Å². The Morgan fingerprint density at radius 2 is 2.00 bits per heavy atom. The van der Waals surface area contributed by atoms with Gasteiger partial charge in [0.05, 0.1) is 0 Å². The Kier molecular flexibility index (Phi) is 5.32. The largest absolute Gasteiger partial charge is 0.307 e. The topological polar surface area (TPSA) is 75.6 Å². The summed E-state index contributed by atoms with van der Waals surface area (Å²) in [5.41, 5.74) is 1.98. The third-order valence-corrected chi connectivity index (χ3v) is 5.27. The summed E-state index contributed by atoms with van der Waals surface area (Å²) in [6.45, 7) is 0. The fraction of sp³-hybridized carbons (Fsp3) is 0.381. The fourth-order valence-electron chi connectivity index (χ4n) is 3.92. The molecule has 1 aliphatic carbocycles. The van der Waals surface area contributed by atoms with Gasteiger partial charge in [-0.1, -0.05) is 62.4 Å². The highest BCUT2D eigenvalue weighted by atomic mass is 16.2. The molecule has 1 aromatic carbocycles. The van der Waals surface area contributed by atoms with Crippen LogP contribution in [-0.4, -0.2) is 25.9 Å². The lowest BCUT2D eigenvalue weighted by Crippen LogP contribution is -2.27. The Bertz CT molecular complexity index is 850. The molecule has 0 aliphatic heterocycles. The van der Waals surface area contributed by atoms with Crippen molar-refractivity contribution < 1.29 is 4.79 Å². The van der Waals surface area contributed by atoms with Gasteiger partial charge in [0, 0.05) is 24.2 Å². The predicted octanol–water partition coefficient (Wildman–Crippen LogP) is 3.96. The van der Waals surface area contributed by atoms with Gasteiger partial charge in [0.1, 0.15) is 0 Å². The van der Waals surface area contributed by atoms with Crippen molar-refractivity contribution in [2.24, 2.45) is 5.92 Å². The third kappa shape index (κ3) is 4.27. The van der Waals surface area contributed by atoms with E-state index in [0.717, 1.165) is 23.6 Å². The normalized spacial score (nSPS) is 16.1. The molecule has 27 heavy (non-hydrogen) atoms. The molecule has 3 aromatic rings. The SMILES string of the molecule is O=C(Nc1cc(CC2CCCCC2)[nH]n1)C(c1ccccc1)n1cccn1. The molecule has 2 N–H and O–H groups in total. The number of nitrogens with one attached hydrogen (secondary N) is 2. The molecule has 2 aromatic heterocycles. The summed E-state index contributed by atoms with van der Waals surface area (Å²) < 4.78 is 1.67. The standard InChI is InChI=1S/C21H25N5O/c27-21(20(26-13-7-12-22-26)17-10-5-2-6-11-17)23-19-15-18(24-25-19)14-16-8-3-1-4-9-16/h2,5-7,10-13,15-16,20H,1,3-4,8-9,14H2,(H2,23,24,25,27). The van der Waals surface area contributed by atoms with Gasteiger partial charge in [-0.15, -0.1) is 0 Å². The predicted molar refractivity (Wildman–Crippen MR) is 104 cm³/mol. The molecule has 1 saturated carbocycles. The molecule has 2 heterocycles. The summed E-state index contributed by atoms with van der Waals surface area (Å²) in [5.74, 6) is 1.14. The van der Waals surface area contributed by atoms with E-state index >= 15 is 0 Å². The summed E-state index contributed by atoms with van der Waals surface area (Å²) in [5, 5.41) is 14.6. The van der Waals surface area contributed by atoms with E-state index in [4.69, 9.17) is 0 Å². The van der Waals surface area contributed by atoms with E-state index in [1.54, 1.807) is 17.1 Å². The monoisotopic (exact) mass is 363 g/mol. The molecular weight excluding hydrogens is 338 g/mol. The molecule has 6 heteroatoms. The molecule has 0 radical (unpaired) electrons. The van der Waals surface area contributed by atoms with Crippen LogP contribution < -0.4 is 5.32 Å².